The number of ether oxygens (including phenoxy) is 2. The molecule has 1 fully saturated rings. The predicted molar refractivity (Wildman–Crippen MR) is 113 cm³/mol. The summed E-state index contributed by atoms with van der Waals surface area (Å²) in [5.74, 6) is 1.24. The van der Waals surface area contributed by atoms with Crippen LogP contribution in [0.1, 0.15) is 43.7 Å². The Morgan fingerprint density at radius 3 is 2.43 bits per heavy atom. The van der Waals surface area contributed by atoms with E-state index in [4.69, 9.17) is 21.1 Å². The fourth-order valence-electron chi connectivity index (χ4n) is 3.52. The van der Waals surface area contributed by atoms with E-state index in [0.29, 0.717) is 12.4 Å². The third kappa shape index (κ3) is 6.29. The summed E-state index contributed by atoms with van der Waals surface area (Å²) in [5, 5.41) is -0.351. The summed E-state index contributed by atoms with van der Waals surface area (Å²) in [4.78, 5) is 2.37. The Morgan fingerprint density at radius 2 is 1.73 bits per heavy atom. The Balaban J connectivity index is 1.74. The topological polar surface area (TPSA) is 21.7 Å². The molecule has 0 atom stereocenters. The molecule has 1 saturated heterocycles. The fraction of sp³-hybridized carbons (Fsp3) is 0.478. The molecule has 30 heavy (non-hydrogen) atoms. The molecular weight excluding hydrogens is 415 g/mol. The van der Waals surface area contributed by atoms with Gasteiger partial charge in [0.25, 0.3) is 0 Å². The lowest BCUT2D eigenvalue weighted by molar-refractivity contribution is -0.137. The molecule has 0 aliphatic carbocycles. The fourth-order valence-corrected chi connectivity index (χ4v) is 3.74. The third-order valence-electron chi connectivity index (χ3n) is 5.18. The van der Waals surface area contributed by atoms with E-state index in [0.717, 1.165) is 56.3 Å². The number of aryl methyl sites for hydroxylation is 1. The van der Waals surface area contributed by atoms with Crippen molar-refractivity contribution in [1.29, 1.82) is 0 Å². The molecule has 7 heteroatoms. The van der Waals surface area contributed by atoms with E-state index in [1.165, 1.54) is 25.0 Å². The maximum atomic E-state index is 13.1. The van der Waals surface area contributed by atoms with Gasteiger partial charge in [0.2, 0.25) is 0 Å². The average Bonchev–Trinajstić information content (AvgIpc) is 3.21. The Kier molecular flexibility index (Phi) is 7.89. The van der Waals surface area contributed by atoms with Crippen molar-refractivity contribution in [3.8, 4) is 17.2 Å². The Morgan fingerprint density at radius 1 is 1.03 bits per heavy atom. The zero-order valence-electron chi connectivity index (χ0n) is 17.1. The summed E-state index contributed by atoms with van der Waals surface area (Å²) >= 11 is 5.69. The number of hydrogen-bond donors (Lipinski definition) is 0. The molecule has 0 bridgehead atoms. The van der Waals surface area contributed by atoms with Crippen LogP contribution >= 0.6 is 11.6 Å². The summed E-state index contributed by atoms with van der Waals surface area (Å²) in [6.45, 7) is 5.77. The van der Waals surface area contributed by atoms with Gasteiger partial charge in [-0.25, -0.2) is 0 Å². The lowest BCUT2D eigenvalue weighted by Gasteiger charge is -2.18. The van der Waals surface area contributed by atoms with E-state index in [2.05, 4.69) is 11.8 Å². The van der Waals surface area contributed by atoms with Crippen molar-refractivity contribution in [3.63, 3.8) is 0 Å². The minimum absolute atomic E-state index is 0.0797. The van der Waals surface area contributed by atoms with Crippen LogP contribution in [0, 0.1) is 0 Å². The van der Waals surface area contributed by atoms with Crippen molar-refractivity contribution < 1.29 is 22.6 Å². The number of nitrogens with zero attached hydrogens (tertiary/aromatic N) is 1. The highest BCUT2D eigenvalue weighted by Gasteiger charge is 2.33. The lowest BCUT2D eigenvalue weighted by atomic mass is 10.1. The number of unbranched alkanes of at least 4 members (excludes halogenated alkanes) is 1. The first-order chi connectivity index (χ1) is 14.4. The third-order valence-corrected chi connectivity index (χ3v) is 5.51. The van der Waals surface area contributed by atoms with Crippen LogP contribution in [0.25, 0.3) is 0 Å². The first kappa shape index (κ1) is 22.8. The molecule has 0 aromatic heterocycles. The molecule has 1 heterocycles. The summed E-state index contributed by atoms with van der Waals surface area (Å²) < 4.78 is 51.1. The van der Waals surface area contributed by atoms with Crippen molar-refractivity contribution in [1.82, 2.24) is 4.90 Å². The maximum Gasteiger partial charge on any atom is 0.417 e. The second-order valence-electron chi connectivity index (χ2n) is 7.51. The van der Waals surface area contributed by atoms with Crippen molar-refractivity contribution in [2.45, 2.75) is 45.2 Å². The number of alkyl halides is 3. The molecule has 3 rings (SSSR count). The minimum Gasteiger partial charge on any atom is -0.492 e. The normalized spacial score (nSPS) is 14.8. The molecule has 0 unspecified atom stereocenters. The van der Waals surface area contributed by atoms with Gasteiger partial charge in [0.05, 0.1) is 10.6 Å². The summed E-state index contributed by atoms with van der Waals surface area (Å²) in [6.07, 6.45) is 0.905. The molecule has 0 amide bonds. The molecule has 2 aromatic carbocycles. The van der Waals surface area contributed by atoms with Crippen molar-refractivity contribution >= 4 is 11.6 Å². The van der Waals surface area contributed by atoms with Crippen LogP contribution in [0.2, 0.25) is 5.02 Å². The molecule has 1 aliphatic heterocycles. The number of hydrogen-bond acceptors (Lipinski definition) is 3. The second kappa shape index (κ2) is 10.4. The maximum absolute atomic E-state index is 13.1. The quantitative estimate of drug-likeness (QED) is 0.419. The van der Waals surface area contributed by atoms with Gasteiger partial charge in [-0.05, 0) is 68.6 Å². The standard InChI is InChI=1S/C23H27ClF3NO2/c1-2-3-6-17-7-8-19(16-22(17)29-14-13-28-11-4-5-12-28)30-18-9-10-21(24)20(15-18)23(25,26)27/h7-10,15-16H,2-6,11-14H2,1H3. The van der Waals surface area contributed by atoms with Gasteiger partial charge in [-0.2, -0.15) is 13.2 Å². The van der Waals surface area contributed by atoms with E-state index >= 15 is 0 Å². The highest BCUT2D eigenvalue weighted by Crippen LogP contribution is 2.38. The molecule has 0 spiro atoms. The number of rotatable bonds is 9. The highest BCUT2D eigenvalue weighted by molar-refractivity contribution is 6.31. The Hall–Kier alpha value is -1.92. The molecular formula is C23H27ClF3NO2. The van der Waals surface area contributed by atoms with Gasteiger partial charge in [0, 0.05) is 12.6 Å². The molecule has 2 aromatic rings. The van der Waals surface area contributed by atoms with E-state index < -0.39 is 11.7 Å². The van der Waals surface area contributed by atoms with Crippen molar-refractivity contribution in [3.05, 3.63) is 52.5 Å². The summed E-state index contributed by atoms with van der Waals surface area (Å²) in [7, 11) is 0. The van der Waals surface area contributed by atoms with Crippen molar-refractivity contribution in [2.24, 2.45) is 0 Å². The SMILES string of the molecule is CCCCc1ccc(Oc2ccc(Cl)c(C(F)(F)F)c2)cc1OCCN1CCCC1. The van der Waals surface area contributed by atoms with Crippen molar-refractivity contribution in [2.75, 3.05) is 26.2 Å². The number of likely N-dealkylation sites (tertiary alicyclic amines) is 1. The summed E-state index contributed by atoms with van der Waals surface area (Å²) in [6, 6.07) is 8.99. The van der Waals surface area contributed by atoms with Crippen LogP contribution in [0.3, 0.4) is 0 Å². The van der Waals surface area contributed by atoms with Crippen LogP contribution in [0.15, 0.2) is 36.4 Å². The zero-order chi connectivity index (χ0) is 21.6. The van der Waals surface area contributed by atoms with Gasteiger partial charge in [0.1, 0.15) is 23.9 Å². The van der Waals surface area contributed by atoms with Gasteiger partial charge in [0.15, 0.2) is 0 Å². The van der Waals surface area contributed by atoms with Gasteiger partial charge in [-0.3, -0.25) is 4.90 Å². The molecule has 0 N–H and O–H groups in total. The van der Waals surface area contributed by atoms with E-state index in [1.54, 1.807) is 12.1 Å². The first-order valence-corrected chi connectivity index (χ1v) is 10.8. The molecule has 0 saturated carbocycles. The zero-order valence-corrected chi connectivity index (χ0v) is 17.9. The predicted octanol–water partition coefficient (Wildman–Crippen LogP) is 6.97. The lowest BCUT2D eigenvalue weighted by Crippen LogP contribution is -2.25. The van der Waals surface area contributed by atoms with Crippen LogP contribution in [0.4, 0.5) is 13.2 Å². The highest BCUT2D eigenvalue weighted by atomic mass is 35.5. The van der Waals surface area contributed by atoms with Crippen LogP contribution in [-0.4, -0.2) is 31.1 Å². The monoisotopic (exact) mass is 441 g/mol. The average molecular weight is 442 g/mol. The molecule has 0 radical (unpaired) electrons. The van der Waals surface area contributed by atoms with Gasteiger partial charge in [-0.1, -0.05) is 31.0 Å². The molecule has 164 valence electrons. The first-order valence-electron chi connectivity index (χ1n) is 10.4. The molecule has 1 aliphatic rings. The van der Waals surface area contributed by atoms with Crippen LogP contribution < -0.4 is 9.47 Å². The van der Waals surface area contributed by atoms with Crippen LogP contribution in [-0.2, 0) is 12.6 Å². The largest absolute Gasteiger partial charge is 0.492 e. The minimum atomic E-state index is -4.54. The second-order valence-corrected chi connectivity index (χ2v) is 7.92. The Labute approximate surface area is 180 Å². The van der Waals surface area contributed by atoms with E-state index in [1.807, 2.05) is 6.07 Å². The smallest absolute Gasteiger partial charge is 0.417 e. The van der Waals surface area contributed by atoms with E-state index in [-0.39, 0.29) is 10.8 Å². The molecule has 3 nitrogen and oxygen atoms in total. The summed E-state index contributed by atoms with van der Waals surface area (Å²) in [5.41, 5.74) is 0.168. The number of benzene rings is 2. The number of halogens is 4. The van der Waals surface area contributed by atoms with Gasteiger partial charge < -0.3 is 9.47 Å². The Bertz CT molecular complexity index is 836. The van der Waals surface area contributed by atoms with Gasteiger partial charge in [-0.15, -0.1) is 0 Å². The van der Waals surface area contributed by atoms with E-state index in [9.17, 15) is 13.2 Å². The van der Waals surface area contributed by atoms with Gasteiger partial charge >= 0.3 is 6.18 Å². The van der Waals surface area contributed by atoms with Crippen LogP contribution in [0.5, 0.6) is 17.2 Å².